The molecule has 0 bridgehead atoms. The Morgan fingerprint density at radius 1 is 1.11 bits per heavy atom. The van der Waals surface area contributed by atoms with E-state index in [4.69, 9.17) is 5.73 Å². The van der Waals surface area contributed by atoms with E-state index in [1.807, 2.05) is 4.90 Å². The zero-order valence-corrected chi connectivity index (χ0v) is 16.3. The Morgan fingerprint density at radius 2 is 1.78 bits per heavy atom. The first kappa shape index (κ1) is 21.6. The molecule has 27 heavy (non-hydrogen) atoms. The topological polar surface area (TPSA) is 75.4 Å². The van der Waals surface area contributed by atoms with Gasteiger partial charge in [-0.05, 0) is 55.8 Å². The predicted octanol–water partition coefficient (Wildman–Crippen LogP) is 2.48. The quantitative estimate of drug-likeness (QED) is 0.801. The predicted molar refractivity (Wildman–Crippen MR) is 105 cm³/mol. The van der Waals surface area contributed by atoms with Gasteiger partial charge in [-0.3, -0.25) is 9.59 Å². The Balaban J connectivity index is 0.00000261. The molecule has 3 rings (SSSR count). The Bertz CT molecular complexity index is 633. The van der Waals surface area contributed by atoms with E-state index in [0.717, 1.165) is 24.8 Å². The summed E-state index contributed by atoms with van der Waals surface area (Å²) < 4.78 is 12.9. The fourth-order valence-electron chi connectivity index (χ4n) is 4.18. The van der Waals surface area contributed by atoms with E-state index in [2.05, 4.69) is 5.32 Å². The van der Waals surface area contributed by atoms with Gasteiger partial charge in [0, 0.05) is 31.5 Å². The minimum atomic E-state index is -0.281. The van der Waals surface area contributed by atoms with Gasteiger partial charge in [-0.25, -0.2) is 4.39 Å². The molecule has 3 N–H and O–H groups in total. The van der Waals surface area contributed by atoms with Gasteiger partial charge in [-0.15, -0.1) is 12.4 Å². The van der Waals surface area contributed by atoms with Crippen LogP contribution in [-0.4, -0.2) is 36.3 Å². The monoisotopic (exact) mass is 397 g/mol. The first-order valence-corrected chi connectivity index (χ1v) is 9.59. The number of hydrogen-bond donors (Lipinski definition) is 2. The van der Waals surface area contributed by atoms with Crippen LogP contribution in [0.3, 0.4) is 0 Å². The standard InChI is InChI=1S/C20H28FN3O2.ClH/c21-17-6-4-14(5-7-17)13-23-19(25)15-8-10-24(11-9-15)20(26)18-3-1-2-16(18)12-22;/h4-7,15-16,18H,1-3,8-13,22H2,(H,23,25);1H/t16-,18-;/m1./s1. The minimum Gasteiger partial charge on any atom is -0.352 e. The summed E-state index contributed by atoms with van der Waals surface area (Å²) in [6.45, 7) is 2.26. The molecule has 1 aliphatic heterocycles. The Hall–Kier alpha value is -1.66. The highest BCUT2D eigenvalue weighted by atomic mass is 35.5. The lowest BCUT2D eigenvalue weighted by Crippen LogP contribution is -2.46. The van der Waals surface area contributed by atoms with Gasteiger partial charge in [0.2, 0.25) is 11.8 Å². The van der Waals surface area contributed by atoms with Crippen LogP contribution in [0.15, 0.2) is 24.3 Å². The molecule has 1 aromatic carbocycles. The second-order valence-electron chi connectivity index (χ2n) is 7.48. The third-order valence-electron chi connectivity index (χ3n) is 5.84. The van der Waals surface area contributed by atoms with Gasteiger partial charge in [0.25, 0.3) is 0 Å². The number of piperidine rings is 1. The van der Waals surface area contributed by atoms with E-state index in [1.54, 1.807) is 12.1 Å². The van der Waals surface area contributed by atoms with E-state index >= 15 is 0 Å². The van der Waals surface area contributed by atoms with Crippen molar-refractivity contribution in [1.82, 2.24) is 10.2 Å². The average Bonchev–Trinajstić information content (AvgIpc) is 3.15. The van der Waals surface area contributed by atoms with Crippen molar-refractivity contribution in [3.05, 3.63) is 35.6 Å². The second-order valence-corrected chi connectivity index (χ2v) is 7.48. The summed E-state index contributed by atoms with van der Waals surface area (Å²) >= 11 is 0. The molecule has 1 aliphatic carbocycles. The molecule has 0 unspecified atom stereocenters. The maximum atomic E-state index is 12.9. The van der Waals surface area contributed by atoms with Crippen molar-refractivity contribution in [3.8, 4) is 0 Å². The van der Waals surface area contributed by atoms with Crippen LogP contribution in [-0.2, 0) is 16.1 Å². The Kier molecular flexibility index (Phi) is 8.05. The van der Waals surface area contributed by atoms with E-state index in [-0.39, 0.29) is 41.9 Å². The zero-order valence-electron chi connectivity index (χ0n) is 15.5. The summed E-state index contributed by atoms with van der Waals surface area (Å²) in [6.07, 6.45) is 4.47. The lowest BCUT2D eigenvalue weighted by atomic mass is 9.91. The van der Waals surface area contributed by atoms with Crippen LogP contribution in [0, 0.1) is 23.6 Å². The molecule has 1 heterocycles. The minimum absolute atomic E-state index is 0. The van der Waals surface area contributed by atoms with Gasteiger partial charge in [0.15, 0.2) is 0 Å². The molecular formula is C20H29ClFN3O2. The molecule has 0 aromatic heterocycles. The van der Waals surface area contributed by atoms with E-state index in [1.165, 1.54) is 12.1 Å². The van der Waals surface area contributed by atoms with Gasteiger partial charge in [0.1, 0.15) is 5.82 Å². The summed E-state index contributed by atoms with van der Waals surface area (Å²) in [5.41, 5.74) is 6.67. The van der Waals surface area contributed by atoms with Crippen LogP contribution in [0.4, 0.5) is 4.39 Å². The van der Waals surface area contributed by atoms with E-state index < -0.39 is 0 Å². The molecule has 1 saturated carbocycles. The van der Waals surface area contributed by atoms with Crippen molar-refractivity contribution >= 4 is 24.2 Å². The number of carbonyl (C=O) groups is 2. The lowest BCUT2D eigenvalue weighted by Gasteiger charge is -2.34. The highest BCUT2D eigenvalue weighted by Crippen LogP contribution is 2.33. The van der Waals surface area contributed by atoms with E-state index in [9.17, 15) is 14.0 Å². The molecule has 5 nitrogen and oxygen atoms in total. The molecule has 1 aromatic rings. The molecule has 150 valence electrons. The van der Waals surface area contributed by atoms with Crippen LogP contribution < -0.4 is 11.1 Å². The number of amides is 2. The Labute approximate surface area is 166 Å². The van der Waals surface area contributed by atoms with Crippen molar-refractivity contribution in [3.63, 3.8) is 0 Å². The van der Waals surface area contributed by atoms with Crippen LogP contribution in [0.5, 0.6) is 0 Å². The number of rotatable bonds is 5. The molecular weight excluding hydrogens is 369 g/mol. The van der Waals surface area contributed by atoms with Gasteiger partial charge in [0.05, 0.1) is 0 Å². The third kappa shape index (κ3) is 5.42. The van der Waals surface area contributed by atoms with Gasteiger partial charge in [-0.1, -0.05) is 18.6 Å². The molecule has 2 fully saturated rings. The molecule has 1 saturated heterocycles. The molecule has 7 heteroatoms. The summed E-state index contributed by atoms with van der Waals surface area (Å²) in [6, 6.07) is 6.13. The lowest BCUT2D eigenvalue weighted by molar-refractivity contribution is -0.140. The zero-order chi connectivity index (χ0) is 18.5. The number of carbonyl (C=O) groups excluding carboxylic acids is 2. The third-order valence-corrected chi connectivity index (χ3v) is 5.84. The SMILES string of the molecule is Cl.NC[C@H]1CCC[C@H]1C(=O)N1CCC(C(=O)NCc2ccc(F)cc2)CC1. The first-order chi connectivity index (χ1) is 12.6. The summed E-state index contributed by atoms with van der Waals surface area (Å²) in [7, 11) is 0. The average molecular weight is 398 g/mol. The number of nitrogens with one attached hydrogen (secondary N) is 1. The number of hydrogen-bond acceptors (Lipinski definition) is 3. The second kappa shape index (κ2) is 10.0. The largest absolute Gasteiger partial charge is 0.352 e. The highest BCUT2D eigenvalue weighted by Gasteiger charge is 2.36. The molecule has 2 atom stereocenters. The normalized spacial score (nSPS) is 23.0. The maximum absolute atomic E-state index is 12.9. The van der Waals surface area contributed by atoms with Gasteiger partial charge in [-0.2, -0.15) is 0 Å². The van der Waals surface area contributed by atoms with Crippen LogP contribution in [0.25, 0.3) is 0 Å². The van der Waals surface area contributed by atoms with E-state index in [0.29, 0.717) is 44.9 Å². The smallest absolute Gasteiger partial charge is 0.226 e. The Morgan fingerprint density at radius 3 is 2.41 bits per heavy atom. The summed E-state index contributed by atoms with van der Waals surface area (Å²) in [5, 5.41) is 2.92. The fraction of sp³-hybridized carbons (Fsp3) is 0.600. The fourth-order valence-corrected chi connectivity index (χ4v) is 4.18. The maximum Gasteiger partial charge on any atom is 0.226 e. The number of benzene rings is 1. The van der Waals surface area contributed by atoms with Gasteiger partial charge >= 0.3 is 0 Å². The number of nitrogens with two attached hydrogens (primary N) is 1. The van der Waals surface area contributed by atoms with Crippen LogP contribution in [0.2, 0.25) is 0 Å². The molecule has 2 aliphatic rings. The van der Waals surface area contributed by atoms with Crippen LogP contribution >= 0.6 is 12.4 Å². The van der Waals surface area contributed by atoms with Gasteiger partial charge < -0.3 is 16.0 Å². The van der Waals surface area contributed by atoms with Crippen molar-refractivity contribution in [2.24, 2.45) is 23.5 Å². The van der Waals surface area contributed by atoms with Crippen molar-refractivity contribution in [2.45, 2.75) is 38.6 Å². The van der Waals surface area contributed by atoms with Crippen molar-refractivity contribution < 1.29 is 14.0 Å². The van der Waals surface area contributed by atoms with Crippen molar-refractivity contribution in [1.29, 1.82) is 0 Å². The summed E-state index contributed by atoms with van der Waals surface area (Å²) in [4.78, 5) is 27.0. The molecule has 2 amide bonds. The molecule has 0 spiro atoms. The van der Waals surface area contributed by atoms with Crippen LogP contribution in [0.1, 0.15) is 37.7 Å². The summed E-state index contributed by atoms with van der Waals surface area (Å²) in [5.74, 6) is 0.290. The van der Waals surface area contributed by atoms with Crippen molar-refractivity contribution in [2.75, 3.05) is 19.6 Å². The number of nitrogens with zero attached hydrogens (tertiary/aromatic N) is 1. The number of likely N-dealkylation sites (tertiary alicyclic amines) is 1. The molecule has 0 radical (unpaired) electrons. The number of halogens is 2. The first-order valence-electron chi connectivity index (χ1n) is 9.59. The highest BCUT2D eigenvalue weighted by molar-refractivity contribution is 5.85.